The van der Waals surface area contributed by atoms with Crippen LogP contribution in [-0.2, 0) is 32.6 Å². The SMILES string of the molecule is CNC(=O)[C@H](Cc1ccccc1)N(Cc1ccc(Br)cc1)C(=O)CCCN(c1cccc(Cl)c1C)S(C)(=O)=O. The summed E-state index contributed by atoms with van der Waals surface area (Å²) in [7, 11) is -2.07. The molecule has 39 heavy (non-hydrogen) atoms. The highest BCUT2D eigenvalue weighted by atomic mass is 79.9. The molecule has 0 radical (unpaired) electrons. The minimum absolute atomic E-state index is 0.0600. The topological polar surface area (TPSA) is 86.8 Å². The first-order valence-corrected chi connectivity index (χ1v) is 15.6. The number of sulfonamides is 1. The summed E-state index contributed by atoms with van der Waals surface area (Å²) in [5, 5.41) is 3.17. The molecule has 208 valence electrons. The second-order valence-electron chi connectivity index (χ2n) is 9.29. The molecule has 0 aromatic heterocycles. The van der Waals surface area contributed by atoms with Gasteiger partial charge in [-0.05, 0) is 54.3 Å². The Morgan fingerprint density at radius 3 is 2.26 bits per heavy atom. The quantitative estimate of drug-likeness (QED) is 0.291. The zero-order chi connectivity index (χ0) is 28.6. The van der Waals surface area contributed by atoms with Crippen LogP contribution in [0.1, 0.15) is 29.5 Å². The van der Waals surface area contributed by atoms with Gasteiger partial charge in [-0.2, -0.15) is 0 Å². The monoisotopic (exact) mass is 633 g/mol. The Morgan fingerprint density at radius 2 is 1.64 bits per heavy atom. The van der Waals surface area contributed by atoms with Gasteiger partial charge < -0.3 is 10.2 Å². The van der Waals surface area contributed by atoms with Crippen LogP contribution in [0.25, 0.3) is 0 Å². The lowest BCUT2D eigenvalue weighted by atomic mass is 10.0. The molecule has 0 saturated heterocycles. The molecule has 0 fully saturated rings. The summed E-state index contributed by atoms with van der Waals surface area (Å²) in [5.74, 6) is -0.504. The fourth-order valence-corrected chi connectivity index (χ4v) is 5.81. The third-order valence-corrected chi connectivity index (χ3v) is 8.56. The first-order chi connectivity index (χ1) is 18.5. The summed E-state index contributed by atoms with van der Waals surface area (Å²) in [6, 6.07) is 21.5. The van der Waals surface area contributed by atoms with Gasteiger partial charge in [0.2, 0.25) is 21.8 Å². The number of amides is 2. The number of likely N-dealkylation sites (N-methyl/N-ethyl adjacent to an activating group) is 1. The maximum absolute atomic E-state index is 13.7. The van der Waals surface area contributed by atoms with E-state index in [0.29, 0.717) is 22.7 Å². The summed E-state index contributed by atoms with van der Waals surface area (Å²) < 4.78 is 27.5. The first kappa shape index (κ1) is 30.7. The molecule has 7 nitrogen and oxygen atoms in total. The van der Waals surface area contributed by atoms with Gasteiger partial charge in [0.1, 0.15) is 6.04 Å². The van der Waals surface area contributed by atoms with E-state index in [9.17, 15) is 18.0 Å². The zero-order valence-electron chi connectivity index (χ0n) is 22.2. The number of benzene rings is 3. The van der Waals surface area contributed by atoms with Gasteiger partial charge in [-0.15, -0.1) is 0 Å². The largest absolute Gasteiger partial charge is 0.357 e. The normalized spacial score (nSPS) is 12.0. The van der Waals surface area contributed by atoms with E-state index >= 15 is 0 Å². The van der Waals surface area contributed by atoms with Crippen LogP contribution in [0.5, 0.6) is 0 Å². The number of nitrogens with zero attached hydrogens (tertiary/aromatic N) is 2. The summed E-state index contributed by atoms with van der Waals surface area (Å²) in [6.45, 7) is 2.10. The number of rotatable bonds is 12. The number of anilines is 1. The lowest BCUT2D eigenvalue weighted by Gasteiger charge is -2.31. The molecule has 0 spiro atoms. The van der Waals surface area contributed by atoms with Gasteiger partial charge >= 0.3 is 0 Å². The van der Waals surface area contributed by atoms with Crippen molar-refractivity contribution >= 4 is 55.1 Å². The van der Waals surface area contributed by atoms with Gasteiger partial charge in [-0.3, -0.25) is 13.9 Å². The predicted octanol–water partition coefficient (Wildman–Crippen LogP) is 5.34. The number of nitrogens with one attached hydrogen (secondary N) is 1. The van der Waals surface area contributed by atoms with Gasteiger partial charge in [0.15, 0.2) is 0 Å². The Kier molecular flexibility index (Phi) is 11.0. The smallest absolute Gasteiger partial charge is 0.242 e. The summed E-state index contributed by atoms with van der Waals surface area (Å²) >= 11 is 9.68. The molecule has 1 atom stereocenters. The highest BCUT2D eigenvalue weighted by Gasteiger charge is 2.30. The molecule has 0 heterocycles. The maximum Gasteiger partial charge on any atom is 0.242 e. The Morgan fingerprint density at radius 1 is 0.974 bits per heavy atom. The van der Waals surface area contributed by atoms with Gasteiger partial charge in [0.05, 0.1) is 11.9 Å². The van der Waals surface area contributed by atoms with E-state index in [1.54, 1.807) is 37.1 Å². The molecule has 0 aliphatic heterocycles. The maximum atomic E-state index is 13.7. The average Bonchev–Trinajstić information content (AvgIpc) is 2.91. The molecule has 0 unspecified atom stereocenters. The van der Waals surface area contributed by atoms with Crippen molar-refractivity contribution in [1.82, 2.24) is 10.2 Å². The van der Waals surface area contributed by atoms with Crippen LogP contribution in [0.3, 0.4) is 0 Å². The number of hydrogen-bond acceptors (Lipinski definition) is 4. The van der Waals surface area contributed by atoms with Crippen molar-refractivity contribution in [2.24, 2.45) is 0 Å². The van der Waals surface area contributed by atoms with E-state index < -0.39 is 16.1 Å². The van der Waals surface area contributed by atoms with E-state index in [2.05, 4.69) is 21.2 Å². The predicted molar refractivity (Wildman–Crippen MR) is 160 cm³/mol. The van der Waals surface area contributed by atoms with E-state index in [0.717, 1.165) is 21.9 Å². The molecular formula is C29H33BrClN3O4S. The Hall–Kier alpha value is -2.88. The Balaban J connectivity index is 1.86. The molecule has 3 aromatic carbocycles. The van der Waals surface area contributed by atoms with Gasteiger partial charge in [0.25, 0.3) is 0 Å². The van der Waals surface area contributed by atoms with E-state index in [1.807, 2.05) is 54.6 Å². The minimum Gasteiger partial charge on any atom is -0.357 e. The standard InChI is InChI=1S/C29H33BrClN3O4S/c1-21-25(31)11-7-12-26(21)34(39(3,37)38)18-8-13-28(35)33(20-23-14-16-24(30)17-15-23)27(29(36)32-2)19-22-9-5-4-6-10-22/h4-7,9-12,14-17,27H,8,13,18-20H2,1-3H3,(H,32,36)/t27-/m0/s1. The van der Waals surface area contributed by atoms with Crippen LogP contribution in [0, 0.1) is 6.92 Å². The van der Waals surface area contributed by atoms with Crippen LogP contribution < -0.4 is 9.62 Å². The van der Waals surface area contributed by atoms with Gasteiger partial charge in [0, 0.05) is 42.5 Å². The van der Waals surface area contributed by atoms with Crippen molar-refractivity contribution in [3.63, 3.8) is 0 Å². The lowest BCUT2D eigenvalue weighted by Crippen LogP contribution is -2.49. The van der Waals surface area contributed by atoms with Gasteiger partial charge in [-0.25, -0.2) is 8.42 Å². The van der Waals surface area contributed by atoms with E-state index in [1.165, 1.54) is 4.31 Å². The van der Waals surface area contributed by atoms with E-state index in [4.69, 9.17) is 11.6 Å². The highest BCUT2D eigenvalue weighted by molar-refractivity contribution is 9.10. The molecule has 0 saturated carbocycles. The summed E-state index contributed by atoms with van der Waals surface area (Å²) in [5.41, 5.74) is 2.94. The molecule has 3 aromatic rings. The number of hydrogen-bond donors (Lipinski definition) is 1. The number of carbonyl (C=O) groups excluding carboxylic acids is 2. The third kappa shape index (κ3) is 8.55. The van der Waals surface area contributed by atoms with Crippen molar-refractivity contribution in [1.29, 1.82) is 0 Å². The fourth-order valence-electron chi connectivity index (χ4n) is 4.36. The molecule has 2 amide bonds. The van der Waals surface area contributed by atoms with Crippen molar-refractivity contribution in [3.8, 4) is 0 Å². The van der Waals surface area contributed by atoms with E-state index in [-0.39, 0.29) is 37.7 Å². The van der Waals surface area contributed by atoms with Crippen molar-refractivity contribution in [3.05, 3.63) is 99.0 Å². The highest BCUT2D eigenvalue weighted by Crippen LogP contribution is 2.28. The molecule has 3 rings (SSSR count). The van der Waals surface area contributed by atoms with Crippen LogP contribution in [0.15, 0.2) is 77.3 Å². The second kappa shape index (κ2) is 14.0. The van der Waals surface area contributed by atoms with Crippen molar-refractivity contribution < 1.29 is 18.0 Å². The minimum atomic E-state index is -3.62. The second-order valence-corrected chi connectivity index (χ2v) is 12.5. The Bertz CT molecular complexity index is 1390. The molecule has 0 aliphatic rings. The number of carbonyl (C=O) groups is 2. The van der Waals surface area contributed by atoms with Crippen LogP contribution in [0.2, 0.25) is 5.02 Å². The zero-order valence-corrected chi connectivity index (χ0v) is 25.4. The summed E-state index contributed by atoms with van der Waals surface area (Å²) in [4.78, 5) is 28.4. The number of halogens is 2. The van der Waals surface area contributed by atoms with Crippen molar-refractivity contribution in [2.75, 3.05) is 24.2 Å². The van der Waals surface area contributed by atoms with Crippen LogP contribution in [0.4, 0.5) is 5.69 Å². The Labute approximate surface area is 244 Å². The molecule has 10 heteroatoms. The average molecular weight is 635 g/mol. The lowest BCUT2D eigenvalue weighted by molar-refractivity contribution is -0.141. The molecular weight excluding hydrogens is 602 g/mol. The first-order valence-electron chi connectivity index (χ1n) is 12.5. The molecule has 0 bridgehead atoms. The molecule has 0 aliphatic carbocycles. The van der Waals surface area contributed by atoms with Crippen LogP contribution >= 0.6 is 27.5 Å². The summed E-state index contributed by atoms with van der Waals surface area (Å²) in [6.07, 6.45) is 1.81. The van der Waals surface area contributed by atoms with Crippen molar-refractivity contribution in [2.45, 2.75) is 38.8 Å². The fraction of sp³-hybridized carbons (Fsp3) is 0.310. The third-order valence-electron chi connectivity index (χ3n) is 6.44. The van der Waals surface area contributed by atoms with Gasteiger partial charge in [-0.1, -0.05) is 76.1 Å². The van der Waals surface area contributed by atoms with Crippen LogP contribution in [-0.4, -0.2) is 51.0 Å². The molecule has 1 N–H and O–H groups in total.